The van der Waals surface area contributed by atoms with E-state index in [-0.39, 0.29) is 12.4 Å². The number of nitrogen functional groups attached to an aromatic ring is 1. The van der Waals surface area contributed by atoms with Gasteiger partial charge in [-0.05, 0) is 24.1 Å². The first-order valence-electron chi connectivity index (χ1n) is 5.82. The number of hydrogen-bond acceptors (Lipinski definition) is 4. The van der Waals surface area contributed by atoms with Crippen LogP contribution < -0.4 is 10.5 Å². The summed E-state index contributed by atoms with van der Waals surface area (Å²) in [7, 11) is 1.57. The van der Waals surface area contributed by atoms with Crippen LogP contribution in [0.1, 0.15) is 24.5 Å². The van der Waals surface area contributed by atoms with Crippen LogP contribution in [0.25, 0.3) is 0 Å². The molecule has 0 fully saturated rings. The van der Waals surface area contributed by atoms with Gasteiger partial charge >= 0.3 is 0 Å². The van der Waals surface area contributed by atoms with E-state index in [4.69, 9.17) is 21.0 Å². The van der Waals surface area contributed by atoms with Crippen molar-refractivity contribution in [1.29, 1.82) is 5.41 Å². The number of benzene rings is 1. The first-order valence-corrected chi connectivity index (χ1v) is 6.87. The van der Waals surface area contributed by atoms with E-state index in [0.717, 1.165) is 17.7 Å². The van der Waals surface area contributed by atoms with E-state index in [2.05, 4.69) is 6.92 Å². The van der Waals surface area contributed by atoms with Gasteiger partial charge in [-0.15, -0.1) is 0 Å². The van der Waals surface area contributed by atoms with Gasteiger partial charge in [-0.2, -0.15) is 11.8 Å². The molecule has 0 heterocycles. The molecule has 0 aliphatic rings. The number of hydrogen-bond donors (Lipinski definition) is 3. The van der Waals surface area contributed by atoms with E-state index in [1.54, 1.807) is 18.9 Å². The summed E-state index contributed by atoms with van der Waals surface area (Å²) in [4.78, 5) is 0. The van der Waals surface area contributed by atoms with Gasteiger partial charge < -0.3 is 15.6 Å². The number of aliphatic hydroxyl groups is 1. The third-order valence-corrected chi connectivity index (χ3v) is 3.93. The summed E-state index contributed by atoms with van der Waals surface area (Å²) in [6.45, 7) is 2.31. The monoisotopic (exact) mass is 268 g/mol. The largest absolute Gasteiger partial charge is 0.496 e. The first-order chi connectivity index (χ1) is 8.58. The van der Waals surface area contributed by atoms with Gasteiger partial charge in [0, 0.05) is 17.6 Å². The Bertz CT molecular complexity index is 410. The molecule has 0 bridgehead atoms. The normalized spacial score (nSPS) is 12.2. The van der Waals surface area contributed by atoms with Crippen molar-refractivity contribution in [2.45, 2.75) is 24.3 Å². The van der Waals surface area contributed by atoms with Crippen LogP contribution in [0.5, 0.6) is 5.75 Å². The fraction of sp³-hybridized carbons (Fsp3) is 0.462. The summed E-state index contributed by atoms with van der Waals surface area (Å²) in [5.41, 5.74) is 7.26. The summed E-state index contributed by atoms with van der Waals surface area (Å²) in [6, 6.07) is 5.70. The molecule has 5 heteroatoms. The average molecular weight is 268 g/mol. The van der Waals surface area contributed by atoms with Crippen molar-refractivity contribution in [2.24, 2.45) is 5.73 Å². The summed E-state index contributed by atoms with van der Waals surface area (Å²) in [5.74, 6) is 1.48. The summed E-state index contributed by atoms with van der Waals surface area (Å²) in [6.07, 6.45) is 0.792. The number of methoxy groups -OCH3 is 1. The van der Waals surface area contributed by atoms with E-state index >= 15 is 0 Å². The Hall–Kier alpha value is -1.20. The van der Waals surface area contributed by atoms with Crippen molar-refractivity contribution in [3.63, 3.8) is 0 Å². The second kappa shape index (κ2) is 7.28. The zero-order valence-electron chi connectivity index (χ0n) is 10.8. The second-order valence-electron chi connectivity index (χ2n) is 4.08. The van der Waals surface area contributed by atoms with Gasteiger partial charge in [-0.3, -0.25) is 5.41 Å². The van der Waals surface area contributed by atoms with E-state index in [9.17, 15) is 0 Å². The molecule has 18 heavy (non-hydrogen) atoms. The Morgan fingerprint density at radius 2 is 2.28 bits per heavy atom. The number of thioether (sulfide) groups is 1. The molecule has 0 aliphatic carbocycles. The molecule has 0 saturated carbocycles. The van der Waals surface area contributed by atoms with Crippen molar-refractivity contribution in [2.75, 3.05) is 13.7 Å². The maximum atomic E-state index is 8.84. The van der Waals surface area contributed by atoms with Crippen LogP contribution in [0.3, 0.4) is 0 Å². The maximum absolute atomic E-state index is 8.84. The van der Waals surface area contributed by atoms with Gasteiger partial charge in [-0.25, -0.2) is 0 Å². The van der Waals surface area contributed by atoms with Crippen LogP contribution in [0, 0.1) is 5.41 Å². The van der Waals surface area contributed by atoms with Crippen LogP contribution in [0.2, 0.25) is 0 Å². The molecule has 0 amide bonds. The highest BCUT2D eigenvalue weighted by molar-refractivity contribution is 7.99. The fourth-order valence-corrected chi connectivity index (χ4v) is 2.49. The molecule has 100 valence electrons. The van der Waals surface area contributed by atoms with Crippen molar-refractivity contribution < 1.29 is 9.84 Å². The van der Waals surface area contributed by atoms with Crippen LogP contribution >= 0.6 is 11.8 Å². The highest BCUT2D eigenvalue weighted by Crippen LogP contribution is 2.24. The molecule has 1 unspecified atom stereocenters. The third-order valence-electron chi connectivity index (χ3n) is 2.62. The van der Waals surface area contributed by atoms with E-state index in [0.29, 0.717) is 16.6 Å². The van der Waals surface area contributed by atoms with Crippen LogP contribution in [-0.4, -0.2) is 29.9 Å². The molecule has 0 spiro atoms. The SMILES string of the molecule is COc1ccc(CSC(C)CCO)cc1C(=N)N. The van der Waals surface area contributed by atoms with E-state index in [1.165, 1.54) is 0 Å². The summed E-state index contributed by atoms with van der Waals surface area (Å²) >= 11 is 1.78. The number of nitrogens with one attached hydrogen (secondary N) is 1. The topological polar surface area (TPSA) is 79.3 Å². The lowest BCUT2D eigenvalue weighted by Gasteiger charge is -2.12. The standard InChI is InChI=1S/C13H20N2O2S/c1-9(5-6-16)18-8-10-3-4-12(17-2)11(7-10)13(14)15/h3-4,7,9,16H,5-6,8H2,1-2H3,(H3,14,15). The van der Waals surface area contributed by atoms with Crippen molar-refractivity contribution in [3.05, 3.63) is 29.3 Å². The fourth-order valence-electron chi connectivity index (χ4n) is 1.56. The van der Waals surface area contributed by atoms with E-state index < -0.39 is 0 Å². The highest BCUT2D eigenvalue weighted by atomic mass is 32.2. The van der Waals surface area contributed by atoms with Gasteiger partial charge in [0.2, 0.25) is 0 Å². The Balaban J connectivity index is 2.73. The van der Waals surface area contributed by atoms with Gasteiger partial charge in [0.05, 0.1) is 12.7 Å². The molecule has 0 aliphatic heterocycles. The molecule has 0 radical (unpaired) electrons. The highest BCUT2D eigenvalue weighted by Gasteiger charge is 2.08. The van der Waals surface area contributed by atoms with Crippen molar-refractivity contribution in [1.82, 2.24) is 0 Å². The number of amidine groups is 1. The Morgan fingerprint density at radius 1 is 1.56 bits per heavy atom. The molecule has 1 aromatic carbocycles. The minimum atomic E-state index is 0.0158. The Labute approximate surface area is 112 Å². The first kappa shape index (κ1) is 14.9. The average Bonchev–Trinajstić information content (AvgIpc) is 2.36. The predicted molar refractivity (Wildman–Crippen MR) is 76.5 cm³/mol. The zero-order chi connectivity index (χ0) is 13.5. The van der Waals surface area contributed by atoms with Gasteiger partial charge in [0.1, 0.15) is 11.6 Å². The van der Waals surface area contributed by atoms with Crippen LogP contribution in [0.4, 0.5) is 0 Å². The third kappa shape index (κ3) is 4.23. The number of aliphatic hydroxyl groups excluding tert-OH is 1. The van der Waals surface area contributed by atoms with Gasteiger partial charge in [0.25, 0.3) is 0 Å². The van der Waals surface area contributed by atoms with Crippen molar-refractivity contribution in [3.8, 4) is 5.75 Å². The summed E-state index contributed by atoms with van der Waals surface area (Å²) in [5, 5.41) is 16.8. The Morgan fingerprint density at radius 3 is 2.83 bits per heavy atom. The lowest BCUT2D eigenvalue weighted by molar-refractivity contribution is 0.289. The predicted octanol–water partition coefficient (Wildman–Crippen LogP) is 1.98. The van der Waals surface area contributed by atoms with Gasteiger partial charge in [-0.1, -0.05) is 13.0 Å². The minimum Gasteiger partial charge on any atom is -0.496 e. The molecular weight excluding hydrogens is 248 g/mol. The van der Waals surface area contributed by atoms with Crippen LogP contribution in [0.15, 0.2) is 18.2 Å². The maximum Gasteiger partial charge on any atom is 0.129 e. The number of nitrogens with two attached hydrogens (primary N) is 1. The molecule has 4 nitrogen and oxygen atoms in total. The zero-order valence-corrected chi connectivity index (χ0v) is 11.6. The smallest absolute Gasteiger partial charge is 0.129 e. The minimum absolute atomic E-state index is 0.0158. The van der Waals surface area contributed by atoms with Gasteiger partial charge in [0.15, 0.2) is 0 Å². The number of rotatable bonds is 7. The molecule has 1 atom stereocenters. The number of ether oxygens (including phenoxy) is 1. The van der Waals surface area contributed by atoms with Crippen molar-refractivity contribution >= 4 is 17.6 Å². The van der Waals surface area contributed by atoms with E-state index in [1.807, 2.05) is 18.2 Å². The molecule has 1 rings (SSSR count). The lowest BCUT2D eigenvalue weighted by Crippen LogP contribution is -2.13. The molecule has 0 aromatic heterocycles. The molecular formula is C13H20N2O2S. The molecule has 1 aromatic rings. The molecule has 4 N–H and O–H groups in total. The quantitative estimate of drug-likeness (QED) is 0.522. The second-order valence-corrected chi connectivity index (χ2v) is 5.51. The Kier molecular flexibility index (Phi) is 6.01. The lowest BCUT2D eigenvalue weighted by atomic mass is 10.1. The molecule has 0 saturated heterocycles. The summed E-state index contributed by atoms with van der Waals surface area (Å²) < 4.78 is 5.17. The van der Waals surface area contributed by atoms with Crippen LogP contribution in [-0.2, 0) is 5.75 Å².